The van der Waals surface area contributed by atoms with Crippen LogP contribution in [0.5, 0.6) is 0 Å². The van der Waals surface area contributed by atoms with Gasteiger partial charge in [-0.1, -0.05) is 54.1 Å². The van der Waals surface area contributed by atoms with Gasteiger partial charge in [0.05, 0.1) is 0 Å². The maximum absolute atomic E-state index is 13.8. The Morgan fingerprint density at radius 3 is 2.42 bits per heavy atom. The number of anilines is 1. The molecular formula is C31H32FNO3. The second-order valence-electron chi connectivity index (χ2n) is 10.3. The highest BCUT2D eigenvalue weighted by molar-refractivity contribution is 5.97. The molecule has 0 aromatic heterocycles. The van der Waals surface area contributed by atoms with Crippen LogP contribution in [-0.4, -0.2) is 23.5 Å². The molecule has 0 atom stereocenters. The zero-order valence-electron chi connectivity index (χ0n) is 20.5. The summed E-state index contributed by atoms with van der Waals surface area (Å²) in [5, 5.41) is 9.03. The number of nitrogens with zero attached hydrogens (tertiary/aromatic N) is 1. The van der Waals surface area contributed by atoms with Gasteiger partial charge in [-0.25, -0.2) is 4.39 Å². The van der Waals surface area contributed by atoms with Crippen LogP contribution in [0.1, 0.15) is 62.0 Å². The van der Waals surface area contributed by atoms with Gasteiger partial charge in [-0.3, -0.25) is 9.59 Å². The van der Waals surface area contributed by atoms with Crippen molar-refractivity contribution in [2.45, 2.75) is 57.3 Å². The minimum Gasteiger partial charge on any atom is -0.481 e. The van der Waals surface area contributed by atoms with Crippen LogP contribution >= 0.6 is 0 Å². The second kappa shape index (κ2) is 10.7. The molecule has 5 rings (SSSR count). The van der Waals surface area contributed by atoms with E-state index in [9.17, 15) is 14.0 Å². The molecule has 1 N–H and O–H groups in total. The lowest BCUT2D eigenvalue weighted by Gasteiger charge is -2.28. The van der Waals surface area contributed by atoms with Crippen molar-refractivity contribution in [3.8, 4) is 11.1 Å². The zero-order valence-corrected chi connectivity index (χ0v) is 20.5. The van der Waals surface area contributed by atoms with E-state index < -0.39 is 5.97 Å². The van der Waals surface area contributed by atoms with E-state index in [0.29, 0.717) is 18.4 Å². The molecule has 1 saturated carbocycles. The Labute approximate surface area is 211 Å². The maximum atomic E-state index is 13.8. The fourth-order valence-corrected chi connectivity index (χ4v) is 5.83. The SMILES string of the molecule is O=C(O)CC1CCC(c2ccc(-c3ccc4c(c3)CCN4C(=O)CC3=CC=CC=C(F)C3)cc2)CC1. The van der Waals surface area contributed by atoms with Crippen LogP contribution in [0.15, 0.2) is 78.2 Å². The fraction of sp³-hybridized carbons (Fsp3) is 0.355. The molecule has 1 heterocycles. The van der Waals surface area contributed by atoms with Crippen LogP contribution in [-0.2, 0) is 16.0 Å². The summed E-state index contributed by atoms with van der Waals surface area (Å²) < 4.78 is 13.8. The average molecular weight is 486 g/mol. The third-order valence-electron chi connectivity index (χ3n) is 7.80. The third kappa shape index (κ3) is 5.51. The number of benzene rings is 2. The van der Waals surface area contributed by atoms with Crippen LogP contribution in [0, 0.1) is 5.92 Å². The molecule has 2 aromatic carbocycles. The molecule has 2 aliphatic carbocycles. The number of carboxylic acids is 1. The van der Waals surface area contributed by atoms with Gasteiger partial charge >= 0.3 is 5.97 Å². The van der Waals surface area contributed by atoms with Crippen LogP contribution < -0.4 is 4.90 Å². The number of allylic oxidation sites excluding steroid dienone is 5. The minimum absolute atomic E-state index is 0.0123. The first-order chi connectivity index (χ1) is 17.5. The molecule has 3 aliphatic rings. The molecule has 2 aromatic rings. The molecule has 1 amide bonds. The van der Waals surface area contributed by atoms with Gasteiger partial charge in [0.15, 0.2) is 0 Å². The van der Waals surface area contributed by atoms with Gasteiger partial charge in [0.2, 0.25) is 5.91 Å². The van der Waals surface area contributed by atoms with Crippen LogP contribution in [0.3, 0.4) is 0 Å². The smallest absolute Gasteiger partial charge is 0.303 e. The Morgan fingerprint density at radius 1 is 0.944 bits per heavy atom. The maximum Gasteiger partial charge on any atom is 0.303 e. The Morgan fingerprint density at radius 2 is 1.67 bits per heavy atom. The van der Waals surface area contributed by atoms with Crippen LogP contribution in [0.25, 0.3) is 11.1 Å². The number of hydrogen-bond donors (Lipinski definition) is 1. The van der Waals surface area contributed by atoms with Gasteiger partial charge in [-0.2, -0.15) is 0 Å². The van der Waals surface area contributed by atoms with E-state index in [1.54, 1.807) is 12.2 Å². The van der Waals surface area contributed by atoms with Crippen molar-refractivity contribution >= 4 is 17.6 Å². The standard InChI is InChI=1S/C31H32FNO3/c32-28-4-2-1-3-22(17-28)18-30(34)33-16-15-27-20-26(13-14-29(27)33)25-11-9-24(10-12-25)23-7-5-21(6-8-23)19-31(35)36/h1-4,9-14,20-21,23H,5-8,15-19H2,(H,35,36). The molecule has 0 spiro atoms. The molecule has 5 heteroatoms. The summed E-state index contributed by atoms with van der Waals surface area (Å²) in [6, 6.07) is 15.1. The van der Waals surface area contributed by atoms with Crippen molar-refractivity contribution in [1.82, 2.24) is 0 Å². The highest BCUT2D eigenvalue weighted by Gasteiger charge is 2.26. The number of rotatable bonds is 6. The van der Waals surface area contributed by atoms with Crippen molar-refractivity contribution in [3.63, 3.8) is 0 Å². The molecule has 0 saturated heterocycles. The highest BCUT2D eigenvalue weighted by atomic mass is 19.1. The highest BCUT2D eigenvalue weighted by Crippen LogP contribution is 2.38. The van der Waals surface area contributed by atoms with Crippen molar-refractivity contribution in [1.29, 1.82) is 0 Å². The van der Waals surface area contributed by atoms with Crippen LogP contribution in [0.4, 0.5) is 10.1 Å². The summed E-state index contributed by atoms with van der Waals surface area (Å²) in [7, 11) is 0. The molecule has 36 heavy (non-hydrogen) atoms. The molecule has 0 bridgehead atoms. The van der Waals surface area contributed by atoms with Crippen molar-refractivity contribution < 1.29 is 19.1 Å². The molecule has 0 radical (unpaired) electrons. The molecule has 4 nitrogen and oxygen atoms in total. The van der Waals surface area contributed by atoms with E-state index >= 15 is 0 Å². The van der Waals surface area contributed by atoms with Crippen molar-refractivity contribution in [2.75, 3.05) is 11.4 Å². The van der Waals surface area contributed by atoms with E-state index in [0.717, 1.165) is 54.5 Å². The van der Waals surface area contributed by atoms with Gasteiger partial charge in [0.25, 0.3) is 0 Å². The van der Waals surface area contributed by atoms with E-state index in [4.69, 9.17) is 5.11 Å². The first-order valence-electron chi connectivity index (χ1n) is 12.9. The minimum atomic E-state index is -0.688. The summed E-state index contributed by atoms with van der Waals surface area (Å²) in [6.45, 7) is 0.655. The van der Waals surface area contributed by atoms with E-state index in [2.05, 4.69) is 36.4 Å². The van der Waals surface area contributed by atoms with E-state index in [-0.39, 0.29) is 31.0 Å². The largest absolute Gasteiger partial charge is 0.481 e. The Hall–Kier alpha value is -3.47. The van der Waals surface area contributed by atoms with Gasteiger partial charge in [-0.15, -0.1) is 0 Å². The first-order valence-corrected chi connectivity index (χ1v) is 12.9. The predicted octanol–water partition coefficient (Wildman–Crippen LogP) is 7.12. The fourth-order valence-electron chi connectivity index (χ4n) is 5.83. The molecule has 1 fully saturated rings. The number of halogens is 1. The normalized spacial score (nSPS) is 21.4. The summed E-state index contributed by atoms with van der Waals surface area (Å²) >= 11 is 0. The Bertz CT molecular complexity index is 1230. The summed E-state index contributed by atoms with van der Waals surface area (Å²) in [4.78, 5) is 25.8. The second-order valence-corrected chi connectivity index (χ2v) is 10.3. The van der Waals surface area contributed by atoms with Gasteiger partial charge < -0.3 is 10.0 Å². The van der Waals surface area contributed by atoms with Crippen LogP contribution in [0.2, 0.25) is 0 Å². The number of fused-ring (bicyclic) bond motifs is 1. The van der Waals surface area contributed by atoms with E-state index in [1.807, 2.05) is 17.0 Å². The number of aliphatic carboxylic acids is 1. The quantitative estimate of drug-likeness (QED) is 0.474. The topological polar surface area (TPSA) is 57.6 Å². The Kier molecular flexibility index (Phi) is 7.17. The lowest BCUT2D eigenvalue weighted by molar-refractivity contribution is -0.138. The average Bonchev–Trinajstić information content (AvgIpc) is 3.19. The van der Waals surface area contributed by atoms with E-state index in [1.165, 1.54) is 17.2 Å². The Balaban J connectivity index is 1.23. The summed E-state index contributed by atoms with van der Waals surface area (Å²) in [5.41, 5.74) is 6.55. The number of hydrogen-bond acceptors (Lipinski definition) is 2. The lowest BCUT2D eigenvalue weighted by atomic mass is 9.77. The zero-order chi connectivity index (χ0) is 25.1. The summed E-state index contributed by atoms with van der Waals surface area (Å²) in [5.74, 6) is -0.0716. The van der Waals surface area contributed by atoms with Gasteiger partial charge in [0, 0.05) is 31.5 Å². The number of carbonyl (C=O) groups excluding carboxylic acids is 1. The van der Waals surface area contributed by atoms with Gasteiger partial charge in [-0.05, 0) is 84.4 Å². The third-order valence-corrected chi connectivity index (χ3v) is 7.80. The van der Waals surface area contributed by atoms with Gasteiger partial charge in [0.1, 0.15) is 5.83 Å². The number of amides is 1. The molecular weight excluding hydrogens is 453 g/mol. The summed E-state index contributed by atoms with van der Waals surface area (Å²) in [6.07, 6.45) is 12.3. The number of carboxylic acid groups (broad SMARTS) is 1. The lowest BCUT2D eigenvalue weighted by Crippen LogP contribution is -2.29. The van der Waals surface area contributed by atoms with Crippen molar-refractivity contribution in [3.05, 3.63) is 89.3 Å². The molecule has 186 valence electrons. The molecule has 1 aliphatic heterocycles. The molecule has 0 unspecified atom stereocenters. The monoisotopic (exact) mass is 485 g/mol. The van der Waals surface area contributed by atoms with Crippen molar-refractivity contribution in [2.24, 2.45) is 5.92 Å². The predicted molar refractivity (Wildman–Crippen MR) is 141 cm³/mol. The number of carbonyl (C=O) groups is 2. The first kappa shape index (κ1) is 24.2.